The molecule has 0 aliphatic heterocycles. The average molecular weight is 339 g/mol. The molecule has 0 aromatic heterocycles. The zero-order valence-electron chi connectivity index (χ0n) is 11.5. The number of carbonyl (C=O) groups is 1. The first-order chi connectivity index (χ1) is 9.56. The van der Waals surface area contributed by atoms with Gasteiger partial charge in [0, 0.05) is 23.1 Å². The van der Waals surface area contributed by atoms with Crippen LogP contribution in [0.2, 0.25) is 0 Å². The summed E-state index contributed by atoms with van der Waals surface area (Å²) in [5.74, 6) is -0.298. The molecule has 1 aromatic rings. The van der Waals surface area contributed by atoms with E-state index in [-0.39, 0.29) is 6.42 Å². The third-order valence-electron chi connectivity index (χ3n) is 3.32. The van der Waals surface area contributed by atoms with Crippen molar-refractivity contribution in [3.05, 3.63) is 28.2 Å². The number of rotatable bonds is 8. The summed E-state index contributed by atoms with van der Waals surface area (Å²) in [6, 6.07) is 7.64. The normalized spacial score (nSPS) is 11.7. The number of halogens is 1. The molecule has 20 heavy (non-hydrogen) atoms. The van der Waals surface area contributed by atoms with Gasteiger partial charge in [0.05, 0.1) is 5.56 Å². The Hall–Kier alpha value is -1.54. The van der Waals surface area contributed by atoms with E-state index in [1.807, 2.05) is 12.1 Å². The fourth-order valence-electron chi connectivity index (χ4n) is 2.02. The summed E-state index contributed by atoms with van der Waals surface area (Å²) < 4.78 is 0.780. The van der Waals surface area contributed by atoms with E-state index in [2.05, 4.69) is 34.2 Å². The number of hydrogen-bond donors (Lipinski definition) is 2. The van der Waals surface area contributed by atoms with Crippen molar-refractivity contribution in [2.45, 2.75) is 32.6 Å². The molecular formula is C15H19BrN2O2. The summed E-state index contributed by atoms with van der Waals surface area (Å²) in [5, 5.41) is 20.8. The molecule has 0 saturated carbocycles. The van der Waals surface area contributed by atoms with Crippen molar-refractivity contribution < 1.29 is 9.90 Å². The minimum Gasteiger partial charge on any atom is -0.481 e. The van der Waals surface area contributed by atoms with Gasteiger partial charge in [-0.05, 0) is 52.9 Å². The molecule has 0 aliphatic rings. The SMILES string of the molecule is CCC(CCNc1ccc(C#N)c(Br)c1)CCC(=O)O. The fraction of sp³-hybridized carbons (Fsp3) is 0.467. The molecule has 0 bridgehead atoms. The Morgan fingerprint density at radius 1 is 1.50 bits per heavy atom. The van der Waals surface area contributed by atoms with Gasteiger partial charge in [-0.1, -0.05) is 13.3 Å². The van der Waals surface area contributed by atoms with Gasteiger partial charge < -0.3 is 10.4 Å². The standard InChI is InChI=1S/C15H19BrN2O2/c1-2-11(3-6-15(19)20)7-8-18-13-5-4-12(10-17)14(16)9-13/h4-5,9,11,18H,2-3,6-8H2,1H3,(H,19,20). The van der Waals surface area contributed by atoms with Crippen LogP contribution in [0.3, 0.4) is 0 Å². The monoisotopic (exact) mass is 338 g/mol. The molecule has 0 heterocycles. The van der Waals surface area contributed by atoms with Gasteiger partial charge in [-0.15, -0.1) is 0 Å². The van der Waals surface area contributed by atoms with Gasteiger partial charge in [-0.2, -0.15) is 5.26 Å². The number of carboxylic acids is 1. The molecule has 1 aromatic carbocycles. The van der Waals surface area contributed by atoms with Crippen LogP contribution in [-0.2, 0) is 4.79 Å². The molecule has 108 valence electrons. The van der Waals surface area contributed by atoms with Crippen LogP contribution in [0.15, 0.2) is 22.7 Å². The molecule has 1 atom stereocenters. The van der Waals surface area contributed by atoms with Gasteiger partial charge in [0.15, 0.2) is 0 Å². The molecule has 0 fully saturated rings. The summed E-state index contributed by atoms with van der Waals surface area (Å²) in [7, 11) is 0. The Balaban J connectivity index is 2.41. The number of hydrogen-bond acceptors (Lipinski definition) is 3. The van der Waals surface area contributed by atoms with Crippen molar-refractivity contribution >= 4 is 27.6 Å². The third-order valence-corrected chi connectivity index (χ3v) is 3.97. The molecule has 0 aliphatic carbocycles. The largest absolute Gasteiger partial charge is 0.481 e. The molecule has 4 nitrogen and oxygen atoms in total. The minimum atomic E-state index is -0.729. The van der Waals surface area contributed by atoms with Gasteiger partial charge >= 0.3 is 5.97 Å². The van der Waals surface area contributed by atoms with Gasteiger partial charge in [0.25, 0.3) is 0 Å². The van der Waals surface area contributed by atoms with Crippen LogP contribution in [0, 0.1) is 17.2 Å². The van der Waals surface area contributed by atoms with Crippen molar-refractivity contribution in [1.82, 2.24) is 0 Å². The highest BCUT2D eigenvalue weighted by Crippen LogP contribution is 2.21. The van der Waals surface area contributed by atoms with E-state index in [1.54, 1.807) is 6.07 Å². The molecule has 2 N–H and O–H groups in total. The predicted molar refractivity (Wildman–Crippen MR) is 82.6 cm³/mol. The summed E-state index contributed by atoms with van der Waals surface area (Å²) in [5.41, 5.74) is 1.58. The Bertz CT molecular complexity index is 497. The third kappa shape index (κ3) is 5.62. The molecule has 0 radical (unpaired) electrons. The summed E-state index contributed by atoms with van der Waals surface area (Å²) >= 11 is 3.35. The van der Waals surface area contributed by atoms with Crippen LogP contribution in [0.1, 0.15) is 38.2 Å². The van der Waals surface area contributed by atoms with Crippen molar-refractivity contribution in [2.24, 2.45) is 5.92 Å². The van der Waals surface area contributed by atoms with E-state index in [9.17, 15) is 4.79 Å². The van der Waals surface area contributed by atoms with E-state index in [0.717, 1.165) is 36.0 Å². The second-order valence-electron chi connectivity index (χ2n) is 4.73. The Kier molecular flexibility index (Phi) is 7.10. The van der Waals surface area contributed by atoms with Crippen molar-refractivity contribution in [3.8, 4) is 6.07 Å². The van der Waals surface area contributed by atoms with Crippen LogP contribution in [-0.4, -0.2) is 17.6 Å². The first-order valence-electron chi connectivity index (χ1n) is 6.72. The van der Waals surface area contributed by atoms with E-state index < -0.39 is 5.97 Å². The number of anilines is 1. The zero-order chi connectivity index (χ0) is 15.0. The fourth-order valence-corrected chi connectivity index (χ4v) is 2.48. The molecule has 1 rings (SSSR count). The number of nitrogens with one attached hydrogen (secondary N) is 1. The highest BCUT2D eigenvalue weighted by molar-refractivity contribution is 9.10. The van der Waals surface area contributed by atoms with Gasteiger partial charge in [0.2, 0.25) is 0 Å². The second kappa shape index (κ2) is 8.60. The van der Waals surface area contributed by atoms with E-state index in [0.29, 0.717) is 11.5 Å². The average Bonchev–Trinajstić information content (AvgIpc) is 2.42. The Labute approximate surface area is 127 Å². The van der Waals surface area contributed by atoms with Crippen LogP contribution in [0.5, 0.6) is 0 Å². The lowest BCUT2D eigenvalue weighted by atomic mass is 9.96. The number of benzene rings is 1. The highest BCUT2D eigenvalue weighted by Gasteiger charge is 2.09. The van der Waals surface area contributed by atoms with E-state index >= 15 is 0 Å². The molecule has 1 unspecified atom stereocenters. The summed E-state index contributed by atoms with van der Waals surface area (Å²) in [6.45, 7) is 2.89. The Morgan fingerprint density at radius 3 is 2.80 bits per heavy atom. The zero-order valence-corrected chi connectivity index (χ0v) is 13.1. The number of nitriles is 1. The van der Waals surface area contributed by atoms with Gasteiger partial charge in [-0.25, -0.2) is 0 Å². The first kappa shape index (κ1) is 16.5. The van der Waals surface area contributed by atoms with Crippen LogP contribution < -0.4 is 5.32 Å². The minimum absolute atomic E-state index is 0.237. The van der Waals surface area contributed by atoms with Crippen molar-refractivity contribution in [1.29, 1.82) is 5.26 Å². The molecule has 0 spiro atoms. The second-order valence-corrected chi connectivity index (χ2v) is 5.58. The quantitative estimate of drug-likeness (QED) is 0.750. The maximum atomic E-state index is 10.6. The van der Waals surface area contributed by atoms with E-state index in [4.69, 9.17) is 10.4 Å². The lowest BCUT2D eigenvalue weighted by Crippen LogP contribution is -2.10. The summed E-state index contributed by atoms with van der Waals surface area (Å²) in [4.78, 5) is 10.6. The van der Waals surface area contributed by atoms with Crippen LogP contribution in [0.4, 0.5) is 5.69 Å². The maximum Gasteiger partial charge on any atom is 0.303 e. The Morgan fingerprint density at radius 2 is 2.25 bits per heavy atom. The first-order valence-corrected chi connectivity index (χ1v) is 7.51. The molecule has 0 saturated heterocycles. The van der Waals surface area contributed by atoms with Crippen molar-refractivity contribution in [2.75, 3.05) is 11.9 Å². The smallest absolute Gasteiger partial charge is 0.303 e. The lowest BCUT2D eigenvalue weighted by Gasteiger charge is -2.14. The molecule has 5 heteroatoms. The van der Waals surface area contributed by atoms with Gasteiger partial charge in [-0.3, -0.25) is 4.79 Å². The van der Waals surface area contributed by atoms with Crippen LogP contribution in [0.25, 0.3) is 0 Å². The van der Waals surface area contributed by atoms with Crippen LogP contribution >= 0.6 is 15.9 Å². The topological polar surface area (TPSA) is 73.1 Å². The number of nitrogens with zero attached hydrogens (tertiary/aromatic N) is 1. The lowest BCUT2D eigenvalue weighted by molar-refractivity contribution is -0.137. The van der Waals surface area contributed by atoms with Crippen molar-refractivity contribution in [3.63, 3.8) is 0 Å². The highest BCUT2D eigenvalue weighted by atomic mass is 79.9. The van der Waals surface area contributed by atoms with E-state index in [1.165, 1.54) is 0 Å². The predicted octanol–water partition coefficient (Wildman–Crippen LogP) is 4.01. The number of aliphatic carboxylic acids is 1. The summed E-state index contributed by atoms with van der Waals surface area (Å²) in [6.07, 6.45) is 2.90. The number of carboxylic acid groups (broad SMARTS) is 1. The maximum absolute atomic E-state index is 10.6. The molecular weight excluding hydrogens is 320 g/mol. The molecule has 0 amide bonds. The van der Waals surface area contributed by atoms with Gasteiger partial charge in [0.1, 0.15) is 6.07 Å².